The number of carbonyl (C=O) groups is 1. The van der Waals surface area contributed by atoms with Crippen LogP contribution in [0.4, 0.5) is 0 Å². The molecule has 0 N–H and O–H groups in total. The number of amides is 1. The van der Waals surface area contributed by atoms with Gasteiger partial charge in [-0.1, -0.05) is 54.2 Å². The van der Waals surface area contributed by atoms with Gasteiger partial charge in [-0.2, -0.15) is 0 Å². The highest BCUT2D eigenvalue weighted by atomic mass is 32.2. The summed E-state index contributed by atoms with van der Waals surface area (Å²) in [6, 6.07) is 18.1. The molecule has 0 bridgehead atoms. The maximum atomic E-state index is 12.7. The topological polar surface area (TPSA) is 72.3 Å². The SMILES string of the molecule is CN(C(=O)CSc1nc2ccccc2n1CCc1ccccc1)[C@H]1CCS(=O)(=O)C1. The quantitative estimate of drug-likeness (QED) is 0.525. The van der Waals surface area contributed by atoms with Crippen molar-refractivity contribution in [1.82, 2.24) is 14.5 Å². The minimum atomic E-state index is -3.02. The lowest BCUT2D eigenvalue weighted by Gasteiger charge is -2.23. The lowest BCUT2D eigenvalue weighted by Crippen LogP contribution is -2.38. The fourth-order valence-corrected chi connectivity index (χ4v) is 6.52. The van der Waals surface area contributed by atoms with Crippen LogP contribution in [-0.2, 0) is 27.6 Å². The van der Waals surface area contributed by atoms with Crippen LogP contribution in [0.15, 0.2) is 59.8 Å². The van der Waals surface area contributed by atoms with Crippen molar-refractivity contribution in [2.75, 3.05) is 24.3 Å². The van der Waals surface area contributed by atoms with Crippen LogP contribution in [-0.4, -0.2) is 59.1 Å². The van der Waals surface area contributed by atoms with E-state index < -0.39 is 9.84 Å². The smallest absolute Gasteiger partial charge is 0.233 e. The molecule has 158 valence electrons. The zero-order valence-corrected chi connectivity index (χ0v) is 18.5. The Kier molecular flexibility index (Phi) is 6.15. The van der Waals surface area contributed by atoms with E-state index in [1.165, 1.54) is 17.3 Å². The Morgan fingerprint density at radius 1 is 1.17 bits per heavy atom. The number of benzene rings is 2. The van der Waals surface area contributed by atoms with Crippen molar-refractivity contribution in [1.29, 1.82) is 0 Å². The number of aryl methyl sites for hydroxylation is 2. The third-order valence-electron chi connectivity index (χ3n) is 5.56. The first-order chi connectivity index (χ1) is 14.4. The molecule has 0 aliphatic carbocycles. The predicted octanol–water partition coefficient (Wildman–Crippen LogP) is 3.02. The van der Waals surface area contributed by atoms with E-state index in [0.29, 0.717) is 6.42 Å². The first kappa shape index (κ1) is 20.9. The van der Waals surface area contributed by atoms with E-state index in [0.717, 1.165) is 29.2 Å². The molecule has 0 spiro atoms. The molecule has 1 aromatic heterocycles. The third-order valence-corrected chi connectivity index (χ3v) is 8.27. The monoisotopic (exact) mass is 443 g/mol. The number of para-hydroxylation sites is 2. The second kappa shape index (κ2) is 8.81. The number of nitrogens with zero attached hydrogens (tertiary/aromatic N) is 3. The number of imidazole rings is 1. The molecule has 1 amide bonds. The molecule has 8 heteroatoms. The average molecular weight is 444 g/mol. The van der Waals surface area contributed by atoms with Crippen LogP contribution in [0.3, 0.4) is 0 Å². The number of thioether (sulfide) groups is 1. The second-order valence-electron chi connectivity index (χ2n) is 7.62. The molecule has 0 radical (unpaired) electrons. The average Bonchev–Trinajstić information content (AvgIpc) is 3.30. The van der Waals surface area contributed by atoms with Crippen LogP contribution >= 0.6 is 11.8 Å². The van der Waals surface area contributed by atoms with Gasteiger partial charge in [-0.05, 0) is 30.5 Å². The maximum absolute atomic E-state index is 12.7. The lowest BCUT2D eigenvalue weighted by molar-refractivity contribution is -0.128. The molecule has 6 nitrogen and oxygen atoms in total. The minimum Gasteiger partial charge on any atom is -0.341 e. The first-order valence-corrected chi connectivity index (χ1v) is 12.8. The highest BCUT2D eigenvalue weighted by molar-refractivity contribution is 7.99. The van der Waals surface area contributed by atoms with Crippen molar-refractivity contribution in [3.8, 4) is 0 Å². The van der Waals surface area contributed by atoms with Crippen LogP contribution in [0.25, 0.3) is 11.0 Å². The number of rotatable bonds is 7. The van der Waals surface area contributed by atoms with Crippen molar-refractivity contribution in [3.05, 3.63) is 60.2 Å². The molecule has 0 unspecified atom stereocenters. The van der Waals surface area contributed by atoms with E-state index in [2.05, 4.69) is 22.8 Å². The van der Waals surface area contributed by atoms with E-state index in [1.807, 2.05) is 36.4 Å². The maximum Gasteiger partial charge on any atom is 0.233 e. The fourth-order valence-electron chi connectivity index (χ4n) is 3.78. The molecule has 1 atom stereocenters. The van der Waals surface area contributed by atoms with Crippen LogP contribution < -0.4 is 0 Å². The number of hydrogen-bond acceptors (Lipinski definition) is 5. The molecule has 2 heterocycles. The van der Waals surface area contributed by atoms with E-state index in [-0.39, 0.29) is 29.2 Å². The second-order valence-corrected chi connectivity index (χ2v) is 10.8. The largest absolute Gasteiger partial charge is 0.341 e. The molecule has 2 aromatic carbocycles. The van der Waals surface area contributed by atoms with Gasteiger partial charge in [0.2, 0.25) is 5.91 Å². The highest BCUT2D eigenvalue weighted by Crippen LogP contribution is 2.26. The predicted molar refractivity (Wildman–Crippen MR) is 120 cm³/mol. The van der Waals surface area contributed by atoms with Crippen molar-refractivity contribution < 1.29 is 13.2 Å². The summed E-state index contributed by atoms with van der Waals surface area (Å²) in [5, 5.41) is 0.813. The first-order valence-electron chi connectivity index (χ1n) is 10.0. The Hall–Kier alpha value is -2.32. The summed E-state index contributed by atoms with van der Waals surface area (Å²) >= 11 is 1.41. The summed E-state index contributed by atoms with van der Waals surface area (Å²) in [6.07, 6.45) is 1.40. The van der Waals surface area contributed by atoms with Gasteiger partial charge in [0.05, 0.1) is 28.3 Å². The lowest BCUT2D eigenvalue weighted by atomic mass is 10.1. The summed E-state index contributed by atoms with van der Waals surface area (Å²) < 4.78 is 25.6. The fraction of sp³-hybridized carbons (Fsp3) is 0.364. The molecule has 0 saturated carbocycles. The van der Waals surface area contributed by atoms with E-state index in [1.54, 1.807) is 11.9 Å². The molecular weight excluding hydrogens is 418 g/mol. The zero-order valence-electron chi connectivity index (χ0n) is 16.9. The summed E-state index contributed by atoms with van der Waals surface area (Å²) in [4.78, 5) is 19.0. The van der Waals surface area contributed by atoms with Gasteiger partial charge in [0.1, 0.15) is 0 Å². The van der Waals surface area contributed by atoms with Gasteiger partial charge in [-0.25, -0.2) is 13.4 Å². The van der Waals surface area contributed by atoms with Gasteiger partial charge < -0.3 is 9.47 Å². The van der Waals surface area contributed by atoms with E-state index in [4.69, 9.17) is 4.98 Å². The standard InChI is InChI=1S/C22H25N3O3S2/c1-24(18-12-14-30(27,28)16-18)21(26)15-29-22-23-19-9-5-6-10-20(19)25(22)13-11-17-7-3-2-4-8-17/h2-10,18H,11-16H2,1H3/t18-/m0/s1. The summed E-state index contributed by atoms with van der Waals surface area (Å²) in [6.45, 7) is 0.776. The molecular formula is C22H25N3O3S2. The van der Waals surface area contributed by atoms with Gasteiger partial charge in [-0.3, -0.25) is 4.79 Å². The minimum absolute atomic E-state index is 0.0650. The Balaban J connectivity index is 1.47. The van der Waals surface area contributed by atoms with Crippen molar-refractivity contribution >= 4 is 38.5 Å². The number of aromatic nitrogens is 2. The van der Waals surface area contributed by atoms with Crippen LogP contribution in [0.2, 0.25) is 0 Å². The number of hydrogen-bond donors (Lipinski definition) is 0. The van der Waals surface area contributed by atoms with Gasteiger partial charge in [0, 0.05) is 19.6 Å². The zero-order chi connectivity index (χ0) is 21.1. The molecule has 30 heavy (non-hydrogen) atoms. The number of carbonyl (C=O) groups excluding carboxylic acids is 1. The number of fused-ring (bicyclic) bond motifs is 1. The Morgan fingerprint density at radius 3 is 2.63 bits per heavy atom. The van der Waals surface area contributed by atoms with Crippen molar-refractivity contribution in [3.63, 3.8) is 0 Å². The molecule has 3 aromatic rings. The highest BCUT2D eigenvalue weighted by Gasteiger charge is 2.32. The normalized spacial score (nSPS) is 18.0. The Bertz CT molecular complexity index is 1140. The molecule has 1 aliphatic heterocycles. The van der Waals surface area contributed by atoms with E-state index in [9.17, 15) is 13.2 Å². The van der Waals surface area contributed by atoms with Crippen molar-refractivity contribution in [2.24, 2.45) is 0 Å². The van der Waals surface area contributed by atoms with Gasteiger partial charge in [-0.15, -0.1) is 0 Å². The van der Waals surface area contributed by atoms with Crippen LogP contribution in [0, 0.1) is 0 Å². The summed E-state index contributed by atoms with van der Waals surface area (Å²) in [7, 11) is -1.31. The molecule has 1 aliphatic rings. The van der Waals surface area contributed by atoms with Gasteiger partial charge in [0.15, 0.2) is 15.0 Å². The number of sulfone groups is 1. The summed E-state index contributed by atoms with van der Waals surface area (Å²) in [5.41, 5.74) is 3.22. The molecule has 4 rings (SSSR count). The summed E-state index contributed by atoms with van der Waals surface area (Å²) in [5.74, 6) is 0.401. The van der Waals surface area contributed by atoms with Crippen molar-refractivity contribution in [2.45, 2.75) is 30.6 Å². The van der Waals surface area contributed by atoms with Gasteiger partial charge >= 0.3 is 0 Å². The third kappa shape index (κ3) is 4.70. The van der Waals surface area contributed by atoms with Crippen LogP contribution in [0.5, 0.6) is 0 Å². The molecule has 1 fully saturated rings. The van der Waals surface area contributed by atoms with Crippen LogP contribution in [0.1, 0.15) is 12.0 Å². The molecule has 1 saturated heterocycles. The Morgan fingerprint density at radius 2 is 1.90 bits per heavy atom. The van der Waals surface area contributed by atoms with E-state index >= 15 is 0 Å². The Labute approximate surface area is 181 Å². The van der Waals surface area contributed by atoms with Gasteiger partial charge in [0.25, 0.3) is 0 Å².